The number of hydrogen-bond donors (Lipinski definition) is 11. The van der Waals surface area contributed by atoms with E-state index in [1.165, 1.54) is 4.68 Å². The quantitative estimate of drug-likeness (QED) is 0.0329. The second-order valence-electron chi connectivity index (χ2n) is 22.5. The first-order chi connectivity index (χ1) is 41.2. The second kappa shape index (κ2) is 39.8. The lowest BCUT2D eigenvalue weighted by Crippen LogP contribution is -2.57. The largest absolute Gasteiger partial charge is 0.461 e. The number of primary amides is 1. The third-order valence-corrected chi connectivity index (χ3v) is 14.3. The molecule has 7 amide bonds. The Morgan fingerprint density at radius 3 is 1.98 bits per heavy atom. The van der Waals surface area contributed by atoms with Crippen LogP contribution in [0.1, 0.15) is 141 Å². The standard InChI is InChI=1S/C58H96N10O18/c1-36(2)21-25-80-27-29-82-31-32-83-30-28-81-26-22-46(70)63-41(13-10-11-23-60-47(71)35-84-44-16-9-7-8-15-43-49(44)66-67-68(43)56-52(74)51(73)50(72)45(33-69)86-56)54(76)65-48(37(3)4)55(77)64-42(14-12-24-61-58(59)79)53(75)62-40-19-17-39(18-20-40)34-85-57(78)38(5)6/h17-20,36-38,41-42,44-45,48,50-52,56,69,72-74H,7-16,21-35H2,1-6H3,(H,60,71)(H,62,75)(H,63,70)(H,64,77)(H,65,76)(H3,59,61,79)/t41-,42+,44?,45-,48+,50+,51+,52-,56-/m1/s1. The molecule has 1 saturated heterocycles. The van der Waals surface area contributed by atoms with Crippen LogP contribution < -0.4 is 37.6 Å². The average molecular weight is 1220 g/mol. The number of nitrogens with zero attached hydrogens (tertiary/aromatic N) is 3. The lowest BCUT2D eigenvalue weighted by atomic mass is 9.96. The van der Waals surface area contributed by atoms with Crippen LogP contribution in [0.4, 0.5) is 10.5 Å². The number of aliphatic hydroxyl groups excluding tert-OH is 4. The van der Waals surface area contributed by atoms with E-state index in [2.05, 4.69) is 56.1 Å². The summed E-state index contributed by atoms with van der Waals surface area (Å²) in [7, 11) is 0. The number of amides is 7. The molecule has 1 aromatic heterocycles. The number of aliphatic hydroxyl groups is 4. The van der Waals surface area contributed by atoms with Crippen LogP contribution in [0.15, 0.2) is 24.3 Å². The van der Waals surface area contributed by atoms with E-state index in [1.54, 1.807) is 52.0 Å². The van der Waals surface area contributed by atoms with Crippen molar-refractivity contribution in [2.24, 2.45) is 23.5 Å². The van der Waals surface area contributed by atoms with E-state index < -0.39 is 103 Å². The summed E-state index contributed by atoms with van der Waals surface area (Å²) in [4.78, 5) is 92.1. The van der Waals surface area contributed by atoms with E-state index in [-0.39, 0.29) is 83.7 Å². The predicted molar refractivity (Wildman–Crippen MR) is 311 cm³/mol. The summed E-state index contributed by atoms with van der Waals surface area (Å²) < 4.78 is 40.8. The zero-order chi connectivity index (χ0) is 63.0. The molecule has 4 rings (SSSR count). The number of anilines is 1. The van der Waals surface area contributed by atoms with Crippen molar-refractivity contribution in [3.63, 3.8) is 0 Å². The maximum atomic E-state index is 14.2. The molecule has 86 heavy (non-hydrogen) atoms. The predicted octanol–water partition coefficient (Wildman–Crippen LogP) is 1.11. The van der Waals surface area contributed by atoms with Gasteiger partial charge < -0.3 is 91.2 Å². The molecular weight excluding hydrogens is 1120 g/mol. The van der Waals surface area contributed by atoms with Crippen LogP contribution in [0.25, 0.3) is 0 Å². The minimum atomic E-state index is -1.62. The molecule has 1 aliphatic heterocycles. The molecule has 1 aliphatic carbocycles. The summed E-state index contributed by atoms with van der Waals surface area (Å²) in [6.45, 7) is 13.4. The fourth-order valence-corrected chi connectivity index (χ4v) is 9.19. The number of carbonyl (C=O) groups is 7. The maximum absolute atomic E-state index is 14.2. The number of ether oxygens (including phenoxy) is 7. The van der Waals surface area contributed by atoms with Gasteiger partial charge in [-0.3, -0.25) is 28.8 Å². The van der Waals surface area contributed by atoms with Gasteiger partial charge >= 0.3 is 12.0 Å². The monoisotopic (exact) mass is 1220 g/mol. The van der Waals surface area contributed by atoms with Gasteiger partial charge in [-0.2, -0.15) is 0 Å². The van der Waals surface area contributed by atoms with Gasteiger partial charge in [0.2, 0.25) is 29.5 Å². The van der Waals surface area contributed by atoms with Crippen molar-refractivity contribution in [2.75, 3.05) is 84.5 Å². The number of urea groups is 1. The smallest absolute Gasteiger partial charge is 0.312 e. The topological polar surface area (TPSA) is 394 Å². The highest BCUT2D eigenvalue weighted by Gasteiger charge is 2.46. The first-order valence-electron chi connectivity index (χ1n) is 30.1. The molecule has 1 aromatic carbocycles. The Hall–Kier alpha value is -5.95. The van der Waals surface area contributed by atoms with E-state index in [0.717, 1.165) is 25.7 Å². The van der Waals surface area contributed by atoms with Crippen LogP contribution in [0.2, 0.25) is 0 Å². The third-order valence-electron chi connectivity index (χ3n) is 14.3. The van der Waals surface area contributed by atoms with Crippen LogP contribution >= 0.6 is 0 Å². The molecule has 12 N–H and O–H groups in total. The van der Waals surface area contributed by atoms with Crippen LogP contribution in [-0.4, -0.2) is 199 Å². The molecule has 0 bridgehead atoms. The Kier molecular flexibility index (Phi) is 33.5. The Balaban J connectivity index is 1.36. The fourth-order valence-electron chi connectivity index (χ4n) is 9.19. The molecule has 2 heterocycles. The van der Waals surface area contributed by atoms with E-state index in [0.29, 0.717) is 87.3 Å². The van der Waals surface area contributed by atoms with E-state index in [1.807, 2.05) is 0 Å². The van der Waals surface area contributed by atoms with Crippen LogP contribution in [0, 0.1) is 17.8 Å². The number of benzene rings is 1. The second-order valence-corrected chi connectivity index (χ2v) is 22.5. The molecule has 28 nitrogen and oxygen atoms in total. The summed E-state index contributed by atoms with van der Waals surface area (Å²) >= 11 is 0. The van der Waals surface area contributed by atoms with Gasteiger partial charge in [0.05, 0.1) is 64.5 Å². The van der Waals surface area contributed by atoms with Crippen LogP contribution in [0.3, 0.4) is 0 Å². The highest BCUT2D eigenvalue weighted by Crippen LogP contribution is 2.34. The summed E-state index contributed by atoms with van der Waals surface area (Å²) in [5.74, 6) is -3.47. The molecule has 1 unspecified atom stereocenters. The lowest BCUT2D eigenvalue weighted by Gasteiger charge is -2.40. The fraction of sp³-hybridized carbons (Fsp3) is 0.741. The number of nitrogens with two attached hydrogens (primary N) is 1. The average Bonchev–Trinajstić information content (AvgIpc) is 2.69. The van der Waals surface area contributed by atoms with Crippen molar-refractivity contribution in [2.45, 2.75) is 180 Å². The van der Waals surface area contributed by atoms with Gasteiger partial charge in [-0.1, -0.05) is 71.7 Å². The van der Waals surface area contributed by atoms with E-state index >= 15 is 0 Å². The van der Waals surface area contributed by atoms with Gasteiger partial charge in [-0.05, 0) is 87.3 Å². The van der Waals surface area contributed by atoms with Gasteiger partial charge in [0.1, 0.15) is 67.6 Å². The molecule has 0 saturated carbocycles. The summed E-state index contributed by atoms with van der Waals surface area (Å²) in [6.07, 6.45) is -2.47. The number of carbonyl (C=O) groups excluding carboxylic acids is 7. The van der Waals surface area contributed by atoms with Crippen molar-refractivity contribution in [1.29, 1.82) is 0 Å². The van der Waals surface area contributed by atoms with Crippen molar-refractivity contribution < 1.29 is 87.1 Å². The molecule has 0 radical (unpaired) electrons. The third kappa shape index (κ3) is 26.2. The SMILES string of the molecule is CC(C)CCOCCOCCOCCOCCC(=O)N[C@H](CCCCNC(=O)COC1CCCCCc2c1nnn2[C@@H]1O[C@H](CO)[C@H](O)[C@H](O)[C@H]1O)C(=O)N[C@H](C(=O)N[C@@H](CCCNC(N)=O)C(=O)Nc1ccc(COC(=O)C(C)C)cc1)C(C)C. The molecular formula is C58H96N10O18. The normalized spacial score (nSPS) is 19.8. The molecule has 486 valence electrons. The van der Waals surface area contributed by atoms with Gasteiger partial charge in [-0.25, -0.2) is 9.48 Å². The van der Waals surface area contributed by atoms with Crippen molar-refractivity contribution in [3.8, 4) is 0 Å². The molecule has 2 aliphatic rings. The first-order valence-corrected chi connectivity index (χ1v) is 30.1. The highest BCUT2D eigenvalue weighted by molar-refractivity contribution is 5.99. The number of nitrogens with one attached hydrogen (secondary N) is 6. The van der Waals surface area contributed by atoms with Crippen molar-refractivity contribution >= 4 is 47.2 Å². The van der Waals surface area contributed by atoms with Crippen molar-refractivity contribution in [1.82, 2.24) is 41.6 Å². The van der Waals surface area contributed by atoms with Gasteiger partial charge in [-0.15, -0.1) is 5.10 Å². The summed E-state index contributed by atoms with van der Waals surface area (Å²) in [5.41, 5.74) is 7.33. The van der Waals surface area contributed by atoms with Crippen LogP contribution in [0.5, 0.6) is 0 Å². The van der Waals surface area contributed by atoms with Crippen molar-refractivity contribution in [3.05, 3.63) is 41.2 Å². The Labute approximate surface area is 503 Å². The number of rotatable bonds is 40. The molecule has 9 atom stereocenters. The van der Waals surface area contributed by atoms with E-state index in [4.69, 9.17) is 38.9 Å². The Bertz CT molecular complexity index is 2360. The number of unbranched alkanes of at least 4 members (excludes halogenated alkanes) is 1. The molecule has 0 spiro atoms. The highest BCUT2D eigenvalue weighted by atomic mass is 16.6. The zero-order valence-electron chi connectivity index (χ0n) is 50.8. The zero-order valence-corrected chi connectivity index (χ0v) is 50.8. The molecule has 2 aromatic rings. The lowest BCUT2D eigenvalue weighted by molar-refractivity contribution is -0.254. The van der Waals surface area contributed by atoms with Crippen LogP contribution in [-0.2, 0) is 75.0 Å². The summed E-state index contributed by atoms with van der Waals surface area (Å²) in [6, 6.07) is 2.38. The number of aromatic nitrogens is 3. The van der Waals surface area contributed by atoms with Gasteiger partial charge in [0.15, 0.2) is 6.23 Å². The minimum Gasteiger partial charge on any atom is -0.461 e. The summed E-state index contributed by atoms with van der Waals surface area (Å²) in [5, 5.41) is 66.3. The Morgan fingerprint density at radius 2 is 1.34 bits per heavy atom. The molecule has 28 heteroatoms. The van der Waals surface area contributed by atoms with Gasteiger partial charge in [0, 0.05) is 31.8 Å². The van der Waals surface area contributed by atoms with E-state index in [9.17, 15) is 54.0 Å². The maximum Gasteiger partial charge on any atom is 0.312 e. The van der Waals surface area contributed by atoms with Gasteiger partial charge in [0.25, 0.3) is 0 Å². The minimum absolute atomic E-state index is 0.0218. The Morgan fingerprint density at radius 1 is 0.698 bits per heavy atom. The molecule has 1 fully saturated rings. The first kappa shape index (κ1) is 72.5. The number of hydrogen-bond acceptors (Lipinski definition) is 20. The number of esters is 1. The number of fused-ring (bicyclic) bond motifs is 1.